The Morgan fingerprint density at radius 2 is 2.00 bits per heavy atom. The highest BCUT2D eigenvalue weighted by Gasteiger charge is 2.23. The highest BCUT2D eigenvalue weighted by molar-refractivity contribution is 7.91. The molecule has 8 heteroatoms. The first-order chi connectivity index (χ1) is 9.39. The van der Waals surface area contributed by atoms with Crippen LogP contribution in [0.25, 0.3) is 0 Å². The zero-order valence-corrected chi connectivity index (χ0v) is 11.7. The van der Waals surface area contributed by atoms with Crippen molar-refractivity contribution in [2.24, 2.45) is 0 Å². The van der Waals surface area contributed by atoms with Crippen molar-refractivity contribution in [3.05, 3.63) is 24.0 Å². The first-order valence-corrected chi connectivity index (χ1v) is 8.08. The van der Waals surface area contributed by atoms with E-state index < -0.39 is 15.8 Å². The fourth-order valence-corrected chi connectivity index (χ4v) is 3.45. The van der Waals surface area contributed by atoms with Crippen LogP contribution in [0.5, 0.6) is 0 Å². The molecule has 1 aliphatic rings. The molecule has 1 aromatic rings. The number of sulfone groups is 1. The van der Waals surface area contributed by atoms with Gasteiger partial charge in [0.2, 0.25) is 5.91 Å². The van der Waals surface area contributed by atoms with Gasteiger partial charge in [0.1, 0.15) is 12.2 Å². The molecule has 0 radical (unpaired) electrons. The van der Waals surface area contributed by atoms with Crippen LogP contribution < -0.4 is 0 Å². The highest BCUT2D eigenvalue weighted by atomic mass is 32.2. The van der Waals surface area contributed by atoms with E-state index in [0.29, 0.717) is 13.0 Å². The summed E-state index contributed by atoms with van der Waals surface area (Å²) < 4.78 is 24.3. The Labute approximate surface area is 116 Å². The lowest BCUT2D eigenvalue weighted by atomic mass is 10.3. The lowest BCUT2D eigenvalue weighted by molar-refractivity contribution is -0.131. The lowest BCUT2D eigenvalue weighted by Crippen LogP contribution is -2.36. The van der Waals surface area contributed by atoms with E-state index in [-0.39, 0.29) is 36.2 Å². The molecule has 110 valence electrons. The SMILES string of the molecule is O=C(O)c1cccn1CC(=O)N1CCCS(=O)(=O)CC1. The van der Waals surface area contributed by atoms with Crippen molar-refractivity contribution in [2.45, 2.75) is 13.0 Å². The number of hydrogen-bond donors (Lipinski definition) is 1. The number of carbonyl (C=O) groups excluding carboxylic acids is 1. The summed E-state index contributed by atoms with van der Waals surface area (Å²) in [4.78, 5) is 24.6. The van der Waals surface area contributed by atoms with Crippen molar-refractivity contribution >= 4 is 21.7 Å². The van der Waals surface area contributed by atoms with Gasteiger partial charge in [0.05, 0.1) is 11.5 Å². The highest BCUT2D eigenvalue weighted by Crippen LogP contribution is 2.08. The molecule has 0 aliphatic carbocycles. The Hall–Kier alpha value is -1.83. The summed E-state index contributed by atoms with van der Waals surface area (Å²) in [5, 5.41) is 8.97. The van der Waals surface area contributed by atoms with Crippen molar-refractivity contribution in [3.63, 3.8) is 0 Å². The minimum atomic E-state index is -3.06. The van der Waals surface area contributed by atoms with Crippen LogP contribution in [0.4, 0.5) is 0 Å². The van der Waals surface area contributed by atoms with Crippen molar-refractivity contribution in [1.82, 2.24) is 9.47 Å². The Balaban J connectivity index is 2.05. The minimum absolute atomic E-state index is 0.0315. The summed E-state index contributed by atoms with van der Waals surface area (Å²) in [5.74, 6) is -1.29. The van der Waals surface area contributed by atoms with Crippen LogP contribution in [0.3, 0.4) is 0 Å². The first kappa shape index (κ1) is 14.6. The van der Waals surface area contributed by atoms with Crippen LogP contribution in [0, 0.1) is 0 Å². The third-order valence-corrected chi connectivity index (χ3v) is 4.98. The second kappa shape index (κ2) is 5.66. The van der Waals surface area contributed by atoms with Gasteiger partial charge in [-0.1, -0.05) is 0 Å². The normalized spacial score (nSPS) is 18.5. The molecule has 7 nitrogen and oxygen atoms in total. The number of aromatic nitrogens is 1. The van der Waals surface area contributed by atoms with Crippen LogP contribution in [-0.2, 0) is 21.2 Å². The van der Waals surface area contributed by atoms with Gasteiger partial charge in [0, 0.05) is 19.3 Å². The first-order valence-electron chi connectivity index (χ1n) is 6.26. The Kier molecular flexibility index (Phi) is 4.12. The smallest absolute Gasteiger partial charge is 0.352 e. The van der Waals surface area contributed by atoms with E-state index in [9.17, 15) is 18.0 Å². The molecule has 2 rings (SSSR count). The molecular formula is C12H16N2O5S. The van der Waals surface area contributed by atoms with Gasteiger partial charge in [0.15, 0.2) is 9.84 Å². The van der Waals surface area contributed by atoms with Crippen LogP contribution >= 0.6 is 0 Å². The number of aromatic carboxylic acids is 1. The molecule has 0 aromatic carbocycles. The zero-order valence-electron chi connectivity index (χ0n) is 10.9. The Bertz CT molecular complexity index is 620. The number of nitrogens with zero attached hydrogens (tertiary/aromatic N) is 2. The predicted octanol–water partition coefficient (Wildman–Crippen LogP) is -0.167. The fourth-order valence-electron chi connectivity index (χ4n) is 2.18. The quantitative estimate of drug-likeness (QED) is 0.836. The average Bonchev–Trinajstić information content (AvgIpc) is 2.73. The third-order valence-electron chi connectivity index (χ3n) is 3.26. The second-order valence-electron chi connectivity index (χ2n) is 4.71. The molecular weight excluding hydrogens is 284 g/mol. The molecule has 0 unspecified atom stereocenters. The summed E-state index contributed by atoms with van der Waals surface area (Å²) in [6.07, 6.45) is 1.95. The van der Waals surface area contributed by atoms with Crippen LogP contribution in [-0.4, -0.2) is 59.5 Å². The van der Waals surface area contributed by atoms with Gasteiger partial charge in [0.25, 0.3) is 0 Å². The molecule has 1 aliphatic heterocycles. The molecule has 20 heavy (non-hydrogen) atoms. The molecule has 1 saturated heterocycles. The van der Waals surface area contributed by atoms with Crippen molar-refractivity contribution in [1.29, 1.82) is 0 Å². The zero-order chi connectivity index (χ0) is 14.8. The Morgan fingerprint density at radius 3 is 2.70 bits per heavy atom. The van der Waals surface area contributed by atoms with Crippen LogP contribution in [0.2, 0.25) is 0 Å². The van der Waals surface area contributed by atoms with Gasteiger partial charge in [-0.2, -0.15) is 0 Å². The second-order valence-corrected chi connectivity index (χ2v) is 7.02. The number of carbonyl (C=O) groups is 2. The van der Waals surface area contributed by atoms with Gasteiger partial charge in [-0.25, -0.2) is 13.2 Å². The van der Waals surface area contributed by atoms with E-state index >= 15 is 0 Å². The van der Waals surface area contributed by atoms with Crippen LogP contribution in [0.15, 0.2) is 18.3 Å². The van der Waals surface area contributed by atoms with Gasteiger partial charge < -0.3 is 14.6 Å². The molecule has 0 atom stereocenters. The summed E-state index contributed by atoms with van der Waals surface area (Å²) in [5.41, 5.74) is 0.0424. The standard InChI is InChI=1S/C12H16N2O5S/c15-11(9-14-4-1-3-10(14)12(16)17)13-5-2-7-20(18,19)8-6-13/h1,3-4H,2,5-9H2,(H,16,17). The average molecular weight is 300 g/mol. The van der Waals surface area contributed by atoms with E-state index in [1.807, 2.05) is 0 Å². The molecule has 1 fully saturated rings. The van der Waals surface area contributed by atoms with Gasteiger partial charge in [-0.05, 0) is 18.6 Å². The summed E-state index contributed by atoms with van der Waals surface area (Å²) >= 11 is 0. The van der Waals surface area contributed by atoms with Gasteiger partial charge in [-0.15, -0.1) is 0 Å². The number of rotatable bonds is 3. The number of hydrogen-bond acceptors (Lipinski definition) is 4. The maximum Gasteiger partial charge on any atom is 0.352 e. The van der Waals surface area contributed by atoms with E-state index in [1.165, 1.54) is 21.7 Å². The maximum atomic E-state index is 12.1. The molecule has 1 aromatic heterocycles. The number of amides is 1. The number of carboxylic acids is 1. The molecule has 0 saturated carbocycles. The summed E-state index contributed by atoms with van der Waals surface area (Å²) in [7, 11) is -3.06. The largest absolute Gasteiger partial charge is 0.477 e. The van der Waals surface area contributed by atoms with Gasteiger partial charge >= 0.3 is 5.97 Å². The fraction of sp³-hybridized carbons (Fsp3) is 0.500. The molecule has 2 heterocycles. The predicted molar refractivity (Wildman–Crippen MR) is 71.2 cm³/mol. The summed E-state index contributed by atoms with van der Waals surface area (Å²) in [6, 6.07) is 2.98. The number of carboxylic acid groups (broad SMARTS) is 1. The minimum Gasteiger partial charge on any atom is -0.477 e. The third kappa shape index (κ3) is 3.38. The lowest BCUT2D eigenvalue weighted by Gasteiger charge is -2.20. The van der Waals surface area contributed by atoms with Crippen molar-refractivity contribution in [3.8, 4) is 0 Å². The van der Waals surface area contributed by atoms with Crippen molar-refractivity contribution in [2.75, 3.05) is 24.6 Å². The molecule has 1 N–H and O–H groups in total. The maximum absolute atomic E-state index is 12.1. The van der Waals surface area contributed by atoms with E-state index in [0.717, 1.165) is 0 Å². The molecule has 0 spiro atoms. The van der Waals surface area contributed by atoms with Crippen molar-refractivity contribution < 1.29 is 23.1 Å². The van der Waals surface area contributed by atoms with E-state index in [2.05, 4.69) is 0 Å². The topological polar surface area (TPSA) is 96.7 Å². The molecule has 1 amide bonds. The van der Waals surface area contributed by atoms with Crippen LogP contribution in [0.1, 0.15) is 16.9 Å². The van der Waals surface area contributed by atoms with E-state index in [4.69, 9.17) is 5.11 Å². The summed E-state index contributed by atoms with van der Waals surface area (Å²) in [6.45, 7) is 0.473. The van der Waals surface area contributed by atoms with E-state index in [1.54, 1.807) is 6.07 Å². The Morgan fingerprint density at radius 1 is 1.25 bits per heavy atom. The van der Waals surface area contributed by atoms with Gasteiger partial charge in [-0.3, -0.25) is 4.79 Å². The molecule has 0 bridgehead atoms. The monoisotopic (exact) mass is 300 g/mol.